The fraction of sp³-hybridized carbons (Fsp3) is 0.333. The molecule has 0 aliphatic heterocycles. The highest BCUT2D eigenvalue weighted by molar-refractivity contribution is 8.00. The molecule has 0 amide bonds. The van der Waals surface area contributed by atoms with Gasteiger partial charge in [-0.2, -0.15) is 0 Å². The molecule has 0 aliphatic rings. The number of nitrogen functional groups attached to an aromatic ring is 1. The van der Waals surface area contributed by atoms with Crippen LogP contribution in [0.25, 0.3) is 0 Å². The molecule has 0 atom stereocenters. The van der Waals surface area contributed by atoms with Crippen LogP contribution in [0, 0.1) is 5.82 Å². The minimum absolute atomic E-state index is 0.277. The van der Waals surface area contributed by atoms with Crippen molar-refractivity contribution in [2.24, 2.45) is 0 Å². The molecular formula is C9H12FNS. The van der Waals surface area contributed by atoms with Crippen LogP contribution in [0.3, 0.4) is 0 Å². The molecule has 1 aromatic rings. The molecule has 0 saturated carbocycles. The van der Waals surface area contributed by atoms with Gasteiger partial charge < -0.3 is 5.73 Å². The third-order valence-electron chi connectivity index (χ3n) is 1.33. The summed E-state index contributed by atoms with van der Waals surface area (Å²) in [6.45, 7) is 4.15. The Bertz CT molecular complexity index is 273. The van der Waals surface area contributed by atoms with Crippen molar-refractivity contribution in [3.05, 3.63) is 24.0 Å². The van der Waals surface area contributed by atoms with E-state index in [1.54, 1.807) is 17.8 Å². The summed E-state index contributed by atoms with van der Waals surface area (Å²) in [6, 6.07) is 4.50. The van der Waals surface area contributed by atoms with Gasteiger partial charge in [0.15, 0.2) is 0 Å². The van der Waals surface area contributed by atoms with Crippen molar-refractivity contribution in [3.8, 4) is 0 Å². The third-order valence-corrected chi connectivity index (χ3v) is 2.43. The molecule has 0 aromatic heterocycles. The largest absolute Gasteiger partial charge is 0.398 e. The minimum atomic E-state index is -0.277. The lowest BCUT2D eigenvalue weighted by molar-refractivity contribution is 0.627. The van der Waals surface area contributed by atoms with Gasteiger partial charge in [-0.1, -0.05) is 13.8 Å². The Morgan fingerprint density at radius 3 is 2.58 bits per heavy atom. The Morgan fingerprint density at radius 2 is 2.08 bits per heavy atom. The van der Waals surface area contributed by atoms with Crippen molar-refractivity contribution in [2.45, 2.75) is 24.0 Å². The summed E-state index contributed by atoms with van der Waals surface area (Å²) >= 11 is 1.64. The van der Waals surface area contributed by atoms with Crippen molar-refractivity contribution in [1.29, 1.82) is 0 Å². The van der Waals surface area contributed by atoms with Gasteiger partial charge >= 0.3 is 0 Å². The molecule has 3 heteroatoms. The molecule has 0 fully saturated rings. The highest BCUT2D eigenvalue weighted by Gasteiger charge is 2.03. The van der Waals surface area contributed by atoms with Crippen molar-refractivity contribution in [1.82, 2.24) is 0 Å². The zero-order valence-electron chi connectivity index (χ0n) is 7.17. The van der Waals surface area contributed by atoms with Gasteiger partial charge in [-0.05, 0) is 18.2 Å². The Balaban J connectivity index is 2.86. The summed E-state index contributed by atoms with van der Waals surface area (Å²) in [5.74, 6) is -0.277. The van der Waals surface area contributed by atoms with Gasteiger partial charge in [-0.25, -0.2) is 4.39 Å². The Labute approximate surface area is 76.2 Å². The number of rotatable bonds is 2. The highest BCUT2D eigenvalue weighted by Crippen LogP contribution is 2.28. The molecule has 0 aliphatic carbocycles. The molecular weight excluding hydrogens is 173 g/mol. The monoisotopic (exact) mass is 185 g/mol. The van der Waals surface area contributed by atoms with E-state index in [0.717, 1.165) is 4.90 Å². The smallest absolute Gasteiger partial charge is 0.125 e. The molecule has 0 unspecified atom stereocenters. The SMILES string of the molecule is CC(C)Sc1ccc(F)cc1N. The number of halogens is 1. The van der Waals surface area contributed by atoms with Crippen LogP contribution in [0.1, 0.15) is 13.8 Å². The lowest BCUT2D eigenvalue weighted by atomic mass is 10.3. The van der Waals surface area contributed by atoms with E-state index in [0.29, 0.717) is 10.9 Å². The molecule has 1 aromatic carbocycles. The van der Waals surface area contributed by atoms with Crippen molar-refractivity contribution < 1.29 is 4.39 Å². The van der Waals surface area contributed by atoms with Gasteiger partial charge in [0.1, 0.15) is 5.82 Å². The molecule has 1 rings (SSSR count). The number of nitrogens with two attached hydrogens (primary N) is 1. The van der Waals surface area contributed by atoms with Crippen LogP contribution in [-0.2, 0) is 0 Å². The average molecular weight is 185 g/mol. The van der Waals surface area contributed by atoms with E-state index in [-0.39, 0.29) is 5.82 Å². The predicted octanol–water partition coefficient (Wildman–Crippen LogP) is 2.91. The van der Waals surface area contributed by atoms with Crippen LogP contribution >= 0.6 is 11.8 Å². The third kappa shape index (κ3) is 2.41. The second-order valence-electron chi connectivity index (χ2n) is 2.85. The van der Waals surface area contributed by atoms with E-state index in [1.165, 1.54) is 12.1 Å². The molecule has 0 heterocycles. The molecule has 0 saturated heterocycles. The zero-order valence-corrected chi connectivity index (χ0v) is 7.99. The molecule has 2 N–H and O–H groups in total. The lowest BCUT2D eigenvalue weighted by Crippen LogP contribution is -1.93. The first-order valence-corrected chi connectivity index (χ1v) is 4.69. The summed E-state index contributed by atoms with van der Waals surface area (Å²) in [7, 11) is 0. The van der Waals surface area contributed by atoms with Crippen LogP contribution in [0.2, 0.25) is 0 Å². The summed E-state index contributed by atoms with van der Waals surface area (Å²) < 4.78 is 12.6. The zero-order chi connectivity index (χ0) is 9.14. The fourth-order valence-corrected chi connectivity index (χ4v) is 1.73. The Hall–Kier alpha value is -0.700. The summed E-state index contributed by atoms with van der Waals surface area (Å²) in [5, 5.41) is 0.470. The fourth-order valence-electron chi connectivity index (χ4n) is 0.881. The second-order valence-corrected chi connectivity index (χ2v) is 4.47. The maximum Gasteiger partial charge on any atom is 0.125 e. The Kier molecular flexibility index (Phi) is 2.98. The van der Waals surface area contributed by atoms with E-state index < -0.39 is 0 Å². The first-order valence-electron chi connectivity index (χ1n) is 3.81. The number of hydrogen-bond donors (Lipinski definition) is 1. The van der Waals surface area contributed by atoms with Crippen molar-refractivity contribution in [2.75, 3.05) is 5.73 Å². The molecule has 12 heavy (non-hydrogen) atoms. The van der Waals surface area contributed by atoms with Gasteiger partial charge in [0.2, 0.25) is 0 Å². The average Bonchev–Trinajstić information content (AvgIpc) is 1.94. The van der Waals surface area contributed by atoms with Crippen LogP contribution in [-0.4, -0.2) is 5.25 Å². The minimum Gasteiger partial charge on any atom is -0.398 e. The first-order chi connectivity index (χ1) is 5.59. The van der Waals surface area contributed by atoms with Gasteiger partial charge in [-0.3, -0.25) is 0 Å². The predicted molar refractivity (Wildman–Crippen MR) is 51.8 cm³/mol. The summed E-state index contributed by atoms with van der Waals surface area (Å²) in [6.07, 6.45) is 0. The summed E-state index contributed by atoms with van der Waals surface area (Å²) in [5.41, 5.74) is 6.13. The van der Waals surface area contributed by atoms with Crippen LogP contribution in [0.4, 0.5) is 10.1 Å². The topological polar surface area (TPSA) is 26.0 Å². The molecule has 0 radical (unpaired) electrons. The van der Waals surface area contributed by atoms with Crippen LogP contribution in [0.15, 0.2) is 23.1 Å². The van der Waals surface area contributed by atoms with Crippen LogP contribution < -0.4 is 5.73 Å². The van der Waals surface area contributed by atoms with Gasteiger partial charge in [0.25, 0.3) is 0 Å². The number of hydrogen-bond acceptors (Lipinski definition) is 2. The van der Waals surface area contributed by atoms with Crippen molar-refractivity contribution >= 4 is 17.4 Å². The number of benzene rings is 1. The molecule has 0 bridgehead atoms. The van der Waals surface area contributed by atoms with Gasteiger partial charge in [0.05, 0.1) is 0 Å². The highest BCUT2D eigenvalue weighted by atomic mass is 32.2. The first kappa shape index (κ1) is 9.39. The number of anilines is 1. The van der Waals surface area contributed by atoms with E-state index in [1.807, 2.05) is 0 Å². The standard InChI is InChI=1S/C9H12FNS/c1-6(2)12-9-4-3-7(10)5-8(9)11/h3-6H,11H2,1-2H3. The van der Waals surface area contributed by atoms with Crippen LogP contribution in [0.5, 0.6) is 0 Å². The van der Waals surface area contributed by atoms with Gasteiger partial charge in [-0.15, -0.1) is 11.8 Å². The number of thioether (sulfide) groups is 1. The van der Waals surface area contributed by atoms with E-state index >= 15 is 0 Å². The summed E-state index contributed by atoms with van der Waals surface area (Å²) in [4.78, 5) is 0.950. The lowest BCUT2D eigenvalue weighted by Gasteiger charge is -2.07. The maximum atomic E-state index is 12.6. The second kappa shape index (κ2) is 3.81. The molecule has 66 valence electrons. The molecule has 0 spiro atoms. The maximum absolute atomic E-state index is 12.6. The van der Waals surface area contributed by atoms with E-state index in [9.17, 15) is 4.39 Å². The molecule has 1 nitrogen and oxygen atoms in total. The van der Waals surface area contributed by atoms with Crippen molar-refractivity contribution in [3.63, 3.8) is 0 Å². The van der Waals surface area contributed by atoms with E-state index in [2.05, 4.69) is 13.8 Å². The van der Waals surface area contributed by atoms with Gasteiger partial charge in [0, 0.05) is 15.8 Å². The normalized spacial score (nSPS) is 10.7. The van der Waals surface area contributed by atoms with E-state index in [4.69, 9.17) is 5.73 Å². The quantitative estimate of drug-likeness (QED) is 0.566. The Morgan fingerprint density at radius 1 is 1.42 bits per heavy atom.